The van der Waals surface area contributed by atoms with Crippen LogP contribution >= 0.6 is 0 Å². The molecule has 1 aliphatic heterocycles. The molecule has 0 unspecified atom stereocenters. The first-order chi connectivity index (χ1) is 10.7. The van der Waals surface area contributed by atoms with Crippen LogP contribution < -0.4 is 0 Å². The minimum Gasteiger partial charge on any atom is -0.348 e. The Morgan fingerprint density at radius 3 is 2.50 bits per heavy atom. The molecule has 0 amide bonds. The van der Waals surface area contributed by atoms with Crippen LogP contribution in [0.4, 0.5) is 0 Å². The van der Waals surface area contributed by atoms with E-state index in [4.69, 9.17) is 9.47 Å². The molecule has 1 aliphatic rings. The first kappa shape index (κ1) is 16.9. The molecule has 0 aliphatic carbocycles. The number of ketones is 1. The van der Waals surface area contributed by atoms with Crippen LogP contribution in [0.3, 0.4) is 0 Å². The second kappa shape index (κ2) is 8.86. The van der Waals surface area contributed by atoms with Gasteiger partial charge in [-0.3, -0.25) is 4.79 Å². The second-order valence-corrected chi connectivity index (χ2v) is 5.95. The minimum atomic E-state index is -0.272. The van der Waals surface area contributed by atoms with Crippen molar-refractivity contribution in [2.45, 2.75) is 45.3 Å². The van der Waals surface area contributed by atoms with Crippen LogP contribution in [0.25, 0.3) is 0 Å². The molecular weight excluding hydrogens is 276 g/mol. The van der Waals surface area contributed by atoms with Gasteiger partial charge in [0.15, 0.2) is 12.1 Å². The van der Waals surface area contributed by atoms with Crippen molar-refractivity contribution in [2.75, 3.05) is 13.2 Å². The largest absolute Gasteiger partial charge is 0.348 e. The Morgan fingerprint density at radius 2 is 1.91 bits per heavy atom. The highest BCUT2D eigenvalue weighted by Gasteiger charge is 2.23. The van der Waals surface area contributed by atoms with Gasteiger partial charge in [0.2, 0.25) is 0 Å². The van der Waals surface area contributed by atoms with Gasteiger partial charge in [0, 0.05) is 17.9 Å². The van der Waals surface area contributed by atoms with E-state index >= 15 is 0 Å². The summed E-state index contributed by atoms with van der Waals surface area (Å²) < 4.78 is 11.7. The third-order valence-corrected chi connectivity index (χ3v) is 4.04. The summed E-state index contributed by atoms with van der Waals surface area (Å²) in [6.45, 7) is 7.25. The van der Waals surface area contributed by atoms with Gasteiger partial charge in [-0.05, 0) is 18.1 Å². The molecule has 0 radical (unpaired) electrons. The summed E-state index contributed by atoms with van der Waals surface area (Å²) in [6, 6.07) is 7.87. The molecule has 0 aromatic heterocycles. The third kappa shape index (κ3) is 5.08. The van der Waals surface area contributed by atoms with Crippen LogP contribution in [-0.2, 0) is 20.7 Å². The first-order valence-corrected chi connectivity index (χ1v) is 8.20. The number of hydrogen-bond donors (Lipinski definition) is 0. The van der Waals surface area contributed by atoms with E-state index in [9.17, 15) is 4.79 Å². The lowest BCUT2D eigenvalue weighted by Crippen LogP contribution is -2.27. The quantitative estimate of drug-likeness (QED) is 0.532. The summed E-state index contributed by atoms with van der Waals surface area (Å²) >= 11 is 0. The number of ether oxygens (including phenoxy) is 2. The van der Waals surface area contributed by atoms with Crippen molar-refractivity contribution in [1.82, 2.24) is 0 Å². The molecule has 0 spiro atoms. The fourth-order valence-electron chi connectivity index (χ4n) is 2.65. The van der Waals surface area contributed by atoms with Gasteiger partial charge < -0.3 is 9.47 Å². The summed E-state index contributed by atoms with van der Waals surface area (Å²) in [5, 5.41) is 0. The SMILES string of the molecule is C=CC(=O)Cc1ccc(C2OCC(CCCCC)CO2)cc1. The molecule has 0 N–H and O–H groups in total. The van der Waals surface area contributed by atoms with Crippen LogP contribution in [-0.4, -0.2) is 19.0 Å². The highest BCUT2D eigenvalue weighted by atomic mass is 16.7. The van der Waals surface area contributed by atoms with E-state index in [1.807, 2.05) is 24.3 Å². The van der Waals surface area contributed by atoms with Gasteiger partial charge in [-0.15, -0.1) is 0 Å². The maximum Gasteiger partial charge on any atom is 0.183 e. The summed E-state index contributed by atoms with van der Waals surface area (Å²) in [6.07, 6.45) is 6.46. The maximum absolute atomic E-state index is 11.3. The van der Waals surface area contributed by atoms with Gasteiger partial charge >= 0.3 is 0 Å². The number of hydrogen-bond acceptors (Lipinski definition) is 3. The van der Waals surface area contributed by atoms with Crippen LogP contribution in [0.5, 0.6) is 0 Å². The molecule has 120 valence electrons. The fraction of sp³-hybridized carbons (Fsp3) is 0.526. The van der Waals surface area contributed by atoms with E-state index in [1.165, 1.54) is 31.8 Å². The lowest BCUT2D eigenvalue weighted by Gasteiger charge is -2.29. The molecular formula is C19H26O3. The van der Waals surface area contributed by atoms with Gasteiger partial charge in [0.1, 0.15) is 0 Å². The number of unbranched alkanes of at least 4 members (excludes halogenated alkanes) is 2. The number of rotatable bonds is 8. The number of benzene rings is 1. The second-order valence-electron chi connectivity index (χ2n) is 5.95. The van der Waals surface area contributed by atoms with E-state index in [1.54, 1.807) is 0 Å². The molecule has 3 nitrogen and oxygen atoms in total. The smallest absolute Gasteiger partial charge is 0.183 e. The lowest BCUT2D eigenvalue weighted by molar-refractivity contribution is -0.206. The topological polar surface area (TPSA) is 35.5 Å². The highest BCUT2D eigenvalue weighted by Crippen LogP contribution is 2.27. The van der Waals surface area contributed by atoms with Crippen molar-refractivity contribution in [3.8, 4) is 0 Å². The van der Waals surface area contributed by atoms with Crippen molar-refractivity contribution in [3.63, 3.8) is 0 Å². The average Bonchev–Trinajstić information content (AvgIpc) is 2.56. The molecule has 2 rings (SSSR count). The predicted molar refractivity (Wildman–Crippen MR) is 87.6 cm³/mol. The van der Waals surface area contributed by atoms with Crippen LogP contribution in [0.1, 0.15) is 50.0 Å². The van der Waals surface area contributed by atoms with Crippen molar-refractivity contribution >= 4 is 5.78 Å². The van der Waals surface area contributed by atoms with Gasteiger partial charge in [-0.2, -0.15) is 0 Å². The van der Waals surface area contributed by atoms with Gasteiger partial charge in [-0.25, -0.2) is 0 Å². The van der Waals surface area contributed by atoms with Crippen LogP contribution in [0.15, 0.2) is 36.9 Å². The zero-order valence-electron chi connectivity index (χ0n) is 13.4. The van der Waals surface area contributed by atoms with Gasteiger partial charge in [0.25, 0.3) is 0 Å². The Balaban J connectivity index is 1.81. The van der Waals surface area contributed by atoms with Crippen LogP contribution in [0.2, 0.25) is 0 Å². The zero-order valence-corrected chi connectivity index (χ0v) is 13.4. The van der Waals surface area contributed by atoms with E-state index in [0.717, 1.165) is 24.3 Å². The van der Waals surface area contributed by atoms with Gasteiger partial charge in [-0.1, -0.05) is 57.0 Å². The molecule has 1 saturated heterocycles. The number of carbonyl (C=O) groups is 1. The van der Waals surface area contributed by atoms with E-state index in [2.05, 4.69) is 13.5 Å². The summed E-state index contributed by atoms with van der Waals surface area (Å²) in [5.74, 6) is 0.556. The van der Waals surface area contributed by atoms with Crippen molar-refractivity contribution in [2.24, 2.45) is 5.92 Å². The molecule has 22 heavy (non-hydrogen) atoms. The molecule has 0 saturated carbocycles. The van der Waals surface area contributed by atoms with Crippen molar-refractivity contribution in [3.05, 3.63) is 48.0 Å². The minimum absolute atomic E-state index is 0.0350. The predicted octanol–water partition coefficient (Wildman–Crippen LogP) is 4.23. The average molecular weight is 302 g/mol. The Labute approximate surface area is 133 Å². The lowest BCUT2D eigenvalue weighted by atomic mass is 10.0. The van der Waals surface area contributed by atoms with E-state index in [-0.39, 0.29) is 12.1 Å². The monoisotopic (exact) mass is 302 g/mol. The molecule has 3 heteroatoms. The van der Waals surface area contributed by atoms with Gasteiger partial charge in [0.05, 0.1) is 13.2 Å². The Morgan fingerprint density at radius 1 is 1.23 bits per heavy atom. The number of allylic oxidation sites excluding steroid dienone is 1. The Hall–Kier alpha value is -1.45. The standard InChI is InChI=1S/C19H26O3/c1-3-5-6-7-16-13-21-19(22-14-16)17-10-8-15(9-11-17)12-18(20)4-2/h4,8-11,16,19H,2-3,5-7,12-14H2,1H3. The number of carbonyl (C=O) groups excluding carboxylic acids is 1. The van der Waals surface area contributed by atoms with Crippen molar-refractivity contribution in [1.29, 1.82) is 0 Å². The van der Waals surface area contributed by atoms with E-state index in [0.29, 0.717) is 12.3 Å². The Bertz CT molecular complexity index is 470. The van der Waals surface area contributed by atoms with Crippen molar-refractivity contribution < 1.29 is 14.3 Å². The summed E-state index contributed by atoms with van der Waals surface area (Å²) in [4.78, 5) is 11.3. The van der Waals surface area contributed by atoms with Crippen LogP contribution in [0, 0.1) is 5.92 Å². The fourth-order valence-corrected chi connectivity index (χ4v) is 2.65. The third-order valence-electron chi connectivity index (χ3n) is 4.04. The highest BCUT2D eigenvalue weighted by molar-refractivity contribution is 5.90. The molecule has 0 bridgehead atoms. The Kier molecular flexibility index (Phi) is 6.81. The zero-order chi connectivity index (χ0) is 15.8. The molecule has 1 aromatic carbocycles. The maximum atomic E-state index is 11.3. The summed E-state index contributed by atoms with van der Waals surface area (Å²) in [5.41, 5.74) is 2.00. The molecule has 1 heterocycles. The molecule has 0 atom stereocenters. The first-order valence-electron chi connectivity index (χ1n) is 8.20. The normalized spacial score (nSPS) is 21.5. The summed E-state index contributed by atoms with van der Waals surface area (Å²) in [7, 11) is 0. The molecule has 1 aromatic rings. The van der Waals surface area contributed by atoms with E-state index < -0.39 is 0 Å². The molecule has 1 fully saturated rings.